The van der Waals surface area contributed by atoms with Gasteiger partial charge < -0.3 is 4.57 Å². The fourth-order valence-electron chi connectivity index (χ4n) is 2.59. The molecular formula is C17H13Cl2NO. The van der Waals surface area contributed by atoms with Crippen LogP contribution in [0.4, 0.5) is 0 Å². The summed E-state index contributed by atoms with van der Waals surface area (Å²) in [7, 11) is 0. The third-order valence-corrected chi connectivity index (χ3v) is 4.12. The van der Waals surface area contributed by atoms with Crippen LogP contribution in [0.15, 0.2) is 53.3 Å². The van der Waals surface area contributed by atoms with E-state index in [1.54, 1.807) is 16.7 Å². The van der Waals surface area contributed by atoms with E-state index in [4.69, 9.17) is 23.2 Å². The first-order valence-electron chi connectivity index (χ1n) is 6.70. The lowest BCUT2D eigenvalue weighted by Crippen LogP contribution is -2.19. The van der Waals surface area contributed by atoms with Crippen LogP contribution >= 0.6 is 23.2 Å². The van der Waals surface area contributed by atoms with Gasteiger partial charge in [-0.3, -0.25) is 4.79 Å². The van der Waals surface area contributed by atoms with Gasteiger partial charge in [-0.2, -0.15) is 0 Å². The molecular weight excluding hydrogens is 305 g/mol. The second kappa shape index (κ2) is 5.55. The number of fused-ring (bicyclic) bond motifs is 1. The first kappa shape index (κ1) is 14.2. The molecule has 0 radical (unpaired) electrons. The Bertz CT molecular complexity index is 884. The highest BCUT2D eigenvalue weighted by Gasteiger charge is 2.12. The summed E-state index contributed by atoms with van der Waals surface area (Å²) in [6, 6.07) is 14.7. The van der Waals surface area contributed by atoms with Crippen LogP contribution in [-0.2, 0) is 6.54 Å². The topological polar surface area (TPSA) is 22.0 Å². The molecule has 0 bridgehead atoms. The lowest BCUT2D eigenvalue weighted by molar-refractivity contribution is 0.760. The maximum absolute atomic E-state index is 12.3. The first-order valence-corrected chi connectivity index (χ1v) is 7.45. The predicted octanol–water partition coefficient (Wildman–Crippen LogP) is 5.00. The van der Waals surface area contributed by atoms with Crippen molar-refractivity contribution in [3.63, 3.8) is 0 Å². The van der Waals surface area contributed by atoms with E-state index in [9.17, 15) is 4.79 Å². The van der Waals surface area contributed by atoms with Crippen molar-refractivity contribution in [3.8, 4) is 11.1 Å². The van der Waals surface area contributed by atoms with Gasteiger partial charge in [0.2, 0.25) is 0 Å². The molecule has 0 atom stereocenters. The third kappa shape index (κ3) is 2.45. The van der Waals surface area contributed by atoms with E-state index in [-0.39, 0.29) is 5.56 Å². The van der Waals surface area contributed by atoms with E-state index < -0.39 is 0 Å². The van der Waals surface area contributed by atoms with Crippen molar-refractivity contribution in [1.29, 1.82) is 0 Å². The highest BCUT2D eigenvalue weighted by atomic mass is 35.5. The standard InChI is InChI=1S/C17H13Cl2NO/c1-2-20-16-8-7-11(18)9-14(16)13(10-17(20)21)12-5-3-4-6-15(12)19/h3-10H,2H2,1H3. The molecule has 0 aliphatic rings. The van der Waals surface area contributed by atoms with Gasteiger partial charge in [0.25, 0.3) is 5.56 Å². The van der Waals surface area contributed by atoms with Crippen LogP contribution in [0, 0.1) is 0 Å². The molecule has 4 heteroatoms. The Labute approximate surface area is 132 Å². The zero-order valence-corrected chi connectivity index (χ0v) is 12.9. The maximum atomic E-state index is 12.3. The van der Waals surface area contributed by atoms with Crippen LogP contribution in [0.2, 0.25) is 10.0 Å². The van der Waals surface area contributed by atoms with Gasteiger partial charge in [-0.25, -0.2) is 0 Å². The molecule has 0 spiro atoms. The Kier molecular flexibility index (Phi) is 3.75. The highest BCUT2D eigenvalue weighted by molar-refractivity contribution is 6.34. The largest absolute Gasteiger partial charge is 0.309 e. The monoisotopic (exact) mass is 317 g/mol. The van der Waals surface area contributed by atoms with E-state index in [1.165, 1.54) is 0 Å². The number of hydrogen-bond acceptors (Lipinski definition) is 1. The minimum atomic E-state index is -0.0396. The van der Waals surface area contributed by atoms with Crippen LogP contribution in [0.5, 0.6) is 0 Å². The van der Waals surface area contributed by atoms with Crippen LogP contribution in [0.3, 0.4) is 0 Å². The van der Waals surface area contributed by atoms with Crippen LogP contribution in [0.1, 0.15) is 6.92 Å². The maximum Gasteiger partial charge on any atom is 0.251 e. The molecule has 3 aromatic rings. The molecule has 0 amide bonds. The Hall–Kier alpha value is -1.77. The molecule has 1 heterocycles. The molecule has 3 rings (SSSR count). The van der Waals surface area contributed by atoms with Gasteiger partial charge >= 0.3 is 0 Å². The van der Waals surface area contributed by atoms with Gasteiger partial charge in [0, 0.05) is 33.6 Å². The summed E-state index contributed by atoms with van der Waals surface area (Å²) in [4.78, 5) is 12.3. The summed E-state index contributed by atoms with van der Waals surface area (Å²) in [5.41, 5.74) is 2.48. The summed E-state index contributed by atoms with van der Waals surface area (Å²) in [6.07, 6.45) is 0. The minimum absolute atomic E-state index is 0.0396. The average molecular weight is 318 g/mol. The number of hydrogen-bond donors (Lipinski definition) is 0. The SMILES string of the molecule is CCn1c(=O)cc(-c2ccccc2Cl)c2cc(Cl)ccc21. The molecule has 0 saturated heterocycles. The second-order valence-corrected chi connectivity index (χ2v) is 5.63. The molecule has 0 saturated carbocycles. The van der Waals surface area contributed by atoms with E-state index in [0.29, 0.717) is 16.6 Å². The van der Waals surface area contributed by atoms with Crippen molar-refractivity contribution >= 4 is 34.1 Å². The lowest BCUT2D eigenvalue weighted by atomic mass is 10.0. The van der Waals surface area contributed by atoms with Crippen LogP contribution in [-0.4, -0.2) is 4.57 Å². The molecule has 0 fully saturated rings. The van der Waals surface area contributed by atoms with E-state index >= 15 is 0 Å². The predicted molar refractivity (Wildman–Crippen MR) is 89.3 cm³/mol. The molecule has 0 unspecified atom stereocenters. The number of nitrogens with zero attached hydrogens (tertiary/aromatic N) is 1. The summed E-state index contributed by atoms with van der Waals surface area (Å²) in [5, 5.41) is 2.18. The highest BCUT2D eigenvalue weighted by Crippen LogP contribution is 2.33. The first-order chi connectivity index (χ1) is 10.1. The summed E-state index contributed by atoms with van der Waals surface area (Å²) in [6.45, 7) is 2.56. The third-order valence-electron chi connectivity index (χ3n) is 3.55. The van der Waals surface area contributed by atoms with Crippen LogP contribution in [0.25, 0.3) is 22.0 Å². The molecule has 0 aliphatic heterocycles. The molecule has 0 aliphatic carbocycles. The Morgan fingerprint density at radius 3 is 2.48 bits per heavy atom. The van der Waals surface area contributed by atoms with E-state index in [0.717, 1.165) is 22.0 Å². The smallest absolute Gasteiger partial charge is 0.251 e. The summed E-state index contributed by atoms with van der Waals surface area (Å²) in [5.74, 6) is 0. The molecule has 0 N–H and O–H groups in total. The zero-order chi connectivity index (χ0) is 15.0. The average Bonchev–Trinajstić information content (AvgIpc) is 2.47. The number of aryl methyl sites for hydroxylation is 1. The van der Waals surface area contributed by atoms with E-state index in [1.807, 2.05) is 43.3 Å². The Morgan fingerprint density at radius 2 is 1.76 bits per heavy atom. The fourth-order valence-corrected chi connectivity index (χ4v) is 3.00. The fraction of sp³-hybridized carbons (Fsp3) is 0.118. The van der Waals surface area contributed by atoms with Crippen molar-refractivity contribution in [3.05, 3.63) is 68.9 Å². The van der Waals surface area contributed by atoms with Gasteiger partial charge in [0.15, 0.2) is 0 Å². The minimum Gasteiger partial charge on any atom is -0.309 e. The second-order valence-electron chi connectivity index (χ2n) is 4.78. The molecule has 1 aromatic heterocycles. The van der Waals surface area contributed by atoms with Gasteiger partial charge in [-0.15, -0.1) is 0 Å². The van der Waals surface area contributed by atoms with Gasteiger partial charge in [0.05, 0.1) is 5.52 Å². The van der Waals surface area contributed by atoms with Gasteiger partial charge in [0.1, 0.15) is 0 Å². The van der Waals surface area contributed by atoms with Gasteiger partial charge in [-0.05, 0) is 36.8 Å². The summed E-state index contributed by atoms with van der Waals surface area (Å²) < 4.78 is 1.73. The van der Waals surface area contributed by atoms with E-state index in [2.05, 4.69) is 0 Å². The number of benzene rings is 2. The van der Waals surface area contributed by atoms with Crippen molar-refractivity contribution in [1.82, 2.24) is 4.57 Å². The summed E-state index contributed by atoms with van der Waals surface area (Å²) >= 11 is 12.4. The van der Waals surface area contributed by atoms with Gasteiger partial charge in [-0.1, -0.05) is 41.4 Å². The van der Waals surface area contributed by atoms with Crippen molar-refractivity contribution in [2.24, 2.45) is 0 Å². The Morgan fingerprint density at radius 1 is 1.00 bits per heavy atom. The molecule has 21 heavy (non-hydrogen) atoms. The molecule has 2 aromatic carbocycles. The molecule has 2 nitrogen and oxygen atoms in total. The van der Waals surface area contributed by atoms with Crippen molar-refractivity contribution in [2.75, 3.05) is 0 Å². The van der Waals surface area contributed by atoms with Crippen molar-refractivity contribution in [2.45, 2.75) is 13.5 Å². The normalized spacial score (nSPS) is 11.0. The lowest BCUT2D eigenvalue weighted by Gasteiger charge is -2.13. The van der Waals surface area contributed by atoms with Crippen LogP contribution < -0.4 is 5.56 Å². The number of rotatable bonds is 2. The quantitative estimate of drug-likeness (QED) is 0.652. The number of pyridine rings is 1. The number of aromatic nitrogens is 1. The zero-order valence-electron chi connectivity index (χ0n) is 11.4. The number of halogens is 2. The Balaban J connectivity index is 2.46. The van der Waals surface area contributed by atoms with Crippen molar-refractivity contribution < 1.29 is 0 Å². The molecule has 106 valence electrons.